The molecule has 1 atom stereocenters. The number of rotatable bonds is 5. The van der Waals surface area contributed by atoms with E-state index < -0.39 is 5.97 Å². The highest BCUT2D eigenvalue weighted by Crippen LogP contribution is 2.31. The van der Waals surface area contributed by atoms with E-state index in [4.69, 9.17) is 22.0 Å². The van der Waals surface area contributed by atoms with Crippen LogP contribution in [0.3, 0.4) is 0 Å². The van der Waals surface area contributed by atoms with Gasteiger partial charge in [-0.15, -0.1) is 0 Å². The highest BCUT2D eigenvalue weighted by Gasteiger charge is 2.23. The van der Waals surface area contributed by atoms with Crippen molar-refractivity contribution < 1.29 is 9.90 Å². The molecule has 1 aromatic rings. The number of thiazole rings is 1. The van der Waals surface area contributed by atoms with E-state index in [1.54, 1.807) is 0 Å². The van der Waals surface area contributed by atoms with E-state index in [9.17, 15) is 4.79 Å². The first kappa shape index (κ1) is 15.0. The lowest BCUT2D eigenvalue weighted by molar-refractivity contribution is -0.136. The minimum Gasteiger partial charge on any atom is -0.480 e. The van der Waals surface area contributed by atoms with Gasteiger partial charge in [-0.3, -0.25) is 4.79 Å². The molecule has 1 saturated heterocycles. The molecule has 0 radical (unpaired) electrons. The van der Waals surface area contributed by atoms with Gasteiger partial charge in [0.05, 0.1) is 6.54 Å². The van der Waals surface area contributed by atoms with Gasteiger partial charge < -0.3 is 15.3 Å². The van der Waals surface area contributed by atoms with Crippen molar-refractivity contribution >= 4 is 34.0 Å². The molecule has 1 aliphatic heterocycles. The van der Waals surface area contributed by atoms with E-state index in [1.165, 1.54) is 11.3 Å². The van der Waals surface area contributed by atoms with Gasteiger partial charge in [0.25, 0.3) is 0 Å². The second kappa shape index (κ2) is 6.88. The van der Waals surface area contributed by atoms with Gasteiger partial charge in [-0.2, -0.15) is 5.26 Å². The Bertz CT molecular complexity index is 528. The molecule has 108 valence electrons. The number of carboxylic acids is 1. The minimum atomic E-state index is -0.844. The maximum atomic E-state index is 10.5. The van der Waals surface area contributed by atoms with Crippen molar-refractivity contribution in [3.8, 4) is 6.07 Å². The zero-order valence-corrected chi connectivity index (χ0v) is 12.4. The summed E-state index contributed by atoms with van der Waals surface area (Å²) in [6.45, 7) is 2.36. The van der Waals surface area contributed by atoms with Crippen LogP contribution in [0.25, 0.3) is 0 Å². The maximum absolute atomic E-state index is 10.5. The van der Waals surface area contributed by atoms with Crippen LogP contribution in [0.2, 0.25) is 5.15 Å². The van der Waals surface area contributed by atoms with E-state index in [1.807, 2.05) is 6.07 Å². The van der Waals surface area contributed by atoms with Gasteiger partial charge in [-0.05, 0) is 18.8 Å². The van der Waals surface area contributed by atoms with Crippen LogP contribution in [-0.4, -0.2) is 42.2 Å². The number of nitrogens with one attached hydrogen (secondary N) is 1. The van der Waals surface area contributed by atoms with Crippen molar-refractivity contribution in [3.05, 3.63) is 10.0 Å². The molecule has 2 rings (SSSR count). The van der Waals surface area contributed by atoms with Crippen molar-refractivity contribution in [2.75, 3.05) is 31.1 Å². The Morgan fingerprint density at radius 3 is 3.15 bits per heavy atom. The van der Waals surface area contributed by atoms with Crippen LogP contribution < -0.4 is 10.2 Å². The number of carbonyl (C=O) groups is 1. The van der Waals surface area contributed by atoms with Crippen molar-refractivity contribution in [2.24, 2.45) is 5.92 Å². The fraction of sp³-hybridized carbons (Fsp3) is 0.583. The van der Waals surface area contributed by atoms with E-state index in [0.717, 1.165) is 31.1 Å². The summed E-state index contributed by atoms with van der Waals surface area (Å²) in [7, 11) is 0. The standard InChI is InChI=1S/C12H15ClN4O2S/c13-11-9(4-14)20-12(16-11)17-3-1-2-8(7-17)5-15-6-10(18)19/h8,15H,1-3,5-7H2,(H,18,19). The maximum Gasteiger partial charge on any atom is 0.317 e. The zero-order chi connectivity index (χ0) is 14.5. The molecular weight excluding hydrogens is 300 g/mol. The number of piperidine rings is 1. The molecule has 2 N–H and O–H groups in total. The highest BCUT2D eigenvalue weighted by molar-refractivity contribution is 7.16. The van der Waals surface area contributed by atoms with E-state index in [2.05, 4.69) is 15.2 Å². The normalized spacial score (nSPS) is 18.8. The van der Waals surface area contributed by atoms with Crippen LogP contribution in [0.4, 0.5) is 5.13 Å². The number of hydrogen-bond acceptors (Lipinski definition) is 6. The van der Waals surface area contributed by atoms with Gasteiger partial charge >= 0.3 is 5.97 Å². The van der Waals surface area contributed by atoms with Gasteiger partial charge in [0.2, 0.25) is 0 Å². The molecule has 1 aliphatic rings. The van der Waals surface area contributed by atoms with E-state index >= 15 is 0 Å². The molecule has 2 heterocycles. The van der Waals surface area contributed by atoms with Gasteiger partial charge in [0, 0.05) is 19.6 Å². The predicted octanol–water partition coefficient (Wildman–Crippen LogP) is 1.56. The number of anilines is 1. The molecule has 1 aromatic heterocycles. The lowest BCUT2D eigenvalue weighted by Gasteiger charge is -2.32. The smallest absolute Gasteiger partial charge is 0.317 e. The Morgan fingerprint density at radius 2 is 2.50 bits per heavy atom. The summed E-state index contributed by atoms with van der Waals surface area (Å²) in [6.07, 6.45) is 2.09. The van der Waals surface area contributed by atoms with Crippen LogP contribution in [0.5, 0.6) is 0 Å². The monoisotopic (exact) mass is 314 g/mol. The molecule has 1 fully saturated rings. The molecule has 0 saturated carbocycles. The summed E-state index contributed by atoms with van der Waals surface area (Å²) in [5.74, 6) is -0.459. The largest absolute Gasteiger partial charge is 0.480 e. The van der Waals surface area contributed by atoms with Crippen molar-refractivity contribution in [1.29, 1.82) is 5.26 Å². The zero-order valence-electron chi connectivity index (χ0n) is 10.8. The topological polar surface area (TPSA) is 89.2 Å². The summed E-state index contributed by atoms with van der Waals surface area (Å²) in [5.41, 5.74) is 0. The molecule has 0 spiro atoms. The third-order valence-corrected chi connectivity index (χ3v) is 4.58. The second-order valence-corrected chi connectivity index (χ2v) is 6.04. The summed E-state index contributed by atoms with van der Waals surface area (Å²) in [4.78, 5) is 17.3. The fourth-order valence-corrected chi connectivity index (χ4v) is 3.36. The van der Waals surface area contributed by atoms with Crippen LogP contribution in [0.15, 0.2) is 0 Å². The van der Waals surface area contributed by atoms with Crippen LogP contribution in [-0.2, 0) is 4.79 Å². The molecule has 1 unspecified atom stereocenters. The lowest BCUT2D eigenvalue weighted by atomic mass is 9.98. The van der Waals surface area contributed by atoms with Gasteiger partial charge in [-0.1, -0.05) is 22.9 Å². The van der Waals surface area contributed by atoms with E-state index in [0.29, 0.717) is 17.3 Å². The Labute approximate surface area is 126 Å². The first-order valence-electron chi connectivity index (χ1n) is 6.34. The number of carboxylic acid groups (broad SMARTS) is 1. The van der Waals surface area contributed by atoms with Crippen molar-refractivity contribution in [1.82, 2.24) is 10.3 Å². The predicted molar refractivity (Wildman–Crippen MR) is 77.3 cm³/mol. The molecule has 0 aliphatic carbocycles. The van der Waals surface area contributed by atoms with Crippen LogP contribution >= 0.6 is 22.9 Å². The second-order valence-electron chi connectivity index (χ2n) is 4.71. The quantitative estimate of drug-likeness (QED) is 0.857. The van der Waals surface area contributed by atoms with Gasteiger partial charge in [0.1, 0.15) is 10.9 Å². The minimum absolute atomic E-state index is 0.0157. The summed E-state index contributed by atoms with van der Waals surface area (Å²) in [6, 6.07) is 2.03. The Hall–Kier alpha value is -1.36. The number of nitriles is 1. The average molecular weight is 315 g/mol. The first-order valence-corrected chi connectivity index (χ1v) is 7.53. The molecular formula is C12H15ClN4O2S. The van der Waals surface area contributed by atoms with Gasteiger partial charge in [-0.25, -0.2) is 4.98 Å². The first-order chi connectivity index (χ1) is 9.60. The highest BCUT2D eigenvalue weighted by atomic mass is 35.5. The Balaban J connectivity index is 1.92. The number of aliphatic carboxylic acids is 1. The SMILES string of the molecule is N#Cc1sc(N2CCCC(CNCC(=O)O)C2)nc1Cl. The van der Waals surface area contributed by atoms with Crippen molar-refractivity contribution in [3.63, 3.8) is 0 Å². The number of nitrogens with zero attached hydrogens (tertiary/aromatic N) is 3. The molecule has 0 aromatic carbocycles. The van der Waals surface area contributed by atoms with Crippen molar-refractivity contribution in [2.45, 2.75) is 12.8 Å². The lowest BCUT2D eigenvalue weighted by Crippen LogP contribution is -2.40. The number of hydrogen-bond donors (Lipinski definition) is 2. The van der Waals surface area contributed by atoms with E-state index in [-0.39, 0.29) is 11.7 Å². The van der Waals surface area contributed by atoms with Crippen LogP contribution in [0.1, 0.15) is 17.7 Å². The van der Waals surface area contributed by atoms with Crippen LogP contribution in [0, 0.1) is 17.2 Å². The summed E-state index contributed by atoms with van der Waals surface area (Å²) < 4.78 is 0. The molecule has 6 nitrogen and oxygen atoms in total. The third kappa shape index (κ3) is 3.82. The summed E-state index contributed by atoms with van der Waals surface area (Å²) in [5, 5.41) is 21.5. The average Bonchev–Trinajstić information content (AvgIpc) is 2.80. The summed E-state index contributed by atoms with van der Waals surface area (Å²) >= 11 is 7.20. The number of aromatic nitrogens is 1. The Morgan fingerprint density at radius 1 is 1.70 bits per heavy atom. The Kier molecular flexibility index (Phi) is 5.17. The molecule has 20 heavy (non-hydrogen) atoms. The number of halogens is 1. The third-order valence-electron chi connectivity index (χ3n) is 3.17. The molecule has 0 bridgehead atoms. The molecule has 0 amide bonds. The molecule has 8 heteroatoms. The fourth-order valence-electron chi connectivity index (χ4n) is 2.28. The van der Waals surface area contributed by atoms with Gasteiger partial charge in [0.15, 0.2) is 10.3 Å².